The molecule has 0 saturated heterocycles. The van der Waals surface area contributed by atoms with Gasteiger partial charge in [0.15, 0.2) is 0 Å². The molecule has 0 saturated carbocycles. The van der Waals surface area contributed by atoms with Gasteiger partial charge in [0.05, 0.1) is 0 Å². The second-order valence-electron chi connectivity index (χ2n) is 5.88. The highest BCUT2D eigenvalue weighted by molar-refractivity contribution is 6.03. The molecule has 1 aromatic heterocycles. The molecule has 0 bridgehead atoms. The van der Waals surface area contributed by atoms with Crippen molar-refractivity contribution >= 4 is 16.8 Å². The quantitative estimate of drug-likeness (QED) is 0.909. The molecule has 3 rings (SSSR count). The number of H-pyrrole nitrogens is 1. The highest BCUT2D eigenvalue weighted by Gasteiger charge is 2.27. The molecule has 1 N–H and O–H groups in total. The van der Waals surface area contributed by atoms with Gasteiger partial charge < -0.3 is 9.88 Å². The van der Waals surface area contributed by atoms with Crippen LogP contribution in [0.4, 0.5) is 0 Å². The maximum absolute atomic E-state index is 12.6. The molecule has 106 valence electrons. The lowest BCUT2D eigenvalue weighted by atomic mass is 10.00. The van der Waals surface area contributed by atoms with E-state index in [-0.39, 0.29) is 5.91 Å². The predicted molar refractivity (Wildman–Crippen MR) is 82.3 cm³/mol. The van der Waals surface area contributed by atoms with Crippen LogP contribution in [-0.2, 0) is 6.42 Å². The van der Waals surface area contributed by atoms with Gasteiger partial charge in [0.1, 0.15) is 5.69 Å². The zero-order valence-corrected chi connectivity index (χ0v) is 12.5. The van der Waals surface area contributed by atoms with Crippen LogP contribution in [0.15, 0.2) is 12.1 Å². The van der Waals surface area contributed by atoms with E-state index in [2.05, 4.69) is 37.9 Å². The fourth-order valence-corrected chi connectivity index (χ4v) is 3.22. The Morgan fingerprint density at radius 2 is 2.10 bits per heavy atom. The Morgan fingerprint density at radius 1 is 1.30 bits per heavy atom. The molecule has 3 nitrogen and oxygen atoms in total. The van der Waals surface area contributed by atoms with Gasteiger partial charge in [-0.25, -0.2) is 0 Å². The Balaban J connectivity index is 2.06. The summed E-state index contributed by atoms with van der Waals surface area (Å²) in [6.07, 6.45) is 3.18. The second-order valence-corrected chi connectivity index (χ2v) is 5.88. The SMILES string of the molecule is CCCCN1CCc2c([nH]c3c(C)cc(C)cc23)C1=O. The number of fused-ring (bicyclic) bond motifs is 3. The smallest absolute Gasteiger partial charge is 0.270 e. The Kier molecular flexibility index (Phi) is 3.28. The fourth-order valence-electron chi connectivity index (χ4n) is 3.22. The number of nitrogens with one attached hydrogen (secondary N) is 1. The number of aromatic nitrogens is 1. The zero-order chi connectivity index (χ0) is 14.3. The van der Waals surface area contributed by atoms with E-state index in [9.17, 15) is 4.79 Å². The van der Waals surface area contributed by atoms with Crippen LogP contribution >= 0.6 is 0 Å². The van der Waals surface area contributed by atoms with Crippen LogP contribution in [0.25, 0.3) is 10.9 Å². The number of hydrogen-bond acceptors (Lipinski definition) is 1. The average Bonchev–Trinajstić information content (AvgIpc) is 2.78. The molecule has 0 spiro atoms. The van der Waals surface area contributed by atoms with Crippen molar-refractivity contribution in [2.75, 3.05) is 13.1 Å². The molecule has 2 heterocycles. The summed E-state index contributed by atoms with van der Waals surface area (Å²) in [6.45, 7) is 8.11. The van der Waals surface area contributed by atoms with Crippen molar-refractivity contribution in [1.82, 2.24) is 9.88 Å². The summed E-state index contributed by atoms with van der Waals surface area (Å²) in [5.41, 5.74) is 5.65. The summed E-state index contributed by atoms with van der Waals surface area (Å²) < 4.78 is 0. The van der Waals surface area contributed by atoms with Crippen LogP contribution in [-0.4, -0.2) is 28.9 Å². The number of hydrogen-bond donors (Lipinski definition) is 1. The minimum absolute atomic E-state index is 0.174. The van der Waals surface area contributed by atoms with E-state index in [0.717, 1.165) is 43.6 Å². The van der Waals surface area contributed by atoms with Crippen molar-refractivity contribution in [3.05, 3.63) is 34.5 Å². The number of aryl methyl sites for hydroxylation is 2. The molecule has 1 aromatic carbocycles. The standard InChI is InChI=1S/C17H22N2O/c1-4-5-7-19-8-6-13-14-10-11(2)9-12(3)15(14)18-16(13)17(19)20/h9-10,18H,4-8H2,1-3H3. The number of unbranched alkanes of at least 4 members (excludes halogenated alkanes) is 1. The third-order valence-electron chi connectivity index (χ3n) is 4.27. The Labute approximate surface area is 120 Å². The van der Waals surface area contributed by atoms with Gasteiger partial charge in [-0.05, 0) is 43.9 Å². The molecule has 0 atom stereocenters. The van der Waals surface area contributed by atoms with E-state index in [1.807, 2.05) is 4.90 Å². The summed E-state index contributed by atoms with van der Waals surface area (Å²) in [4.78, 5) is 17.9. The van der Waals surface area contributed by atoms with Crippen LogP contribution < -0.4 is 0 Å². The molecule has 1 aliphatic rings. The van der Waals surface area contributed by atoms with Crippen molar-refractivity contribution in [1.29, 1.82) is 0 Å². The molecule has 1 amide bonds. The largest absolute Gasteiger partial charge is 0.350 e. The van der Waals surface area contributed by atoms with Crippen LogP contribution in [0.1, 0.15) is 46.9 Å². The first kappa shape index (κ1) is 13.2. The van der Waals surface area contributed by atoms with Crippen molar-refractivity contribution in [3.8, 4) is 0 Å². The lowest BCUT2D eigenvalue weighted by Crippen LogP contribution is -2.38. The van der Waals surface area contributed by atoms with Crippen LogP contribution in [0.5, 0.6) is 0 Å². The molecule has 2 aromatic rings. The first-order valence-electron chi connectivity index (χ1n) is 7.53. The topological polar surface area (TPSA) is 36.1 Å². The Bertz CT molecular complexity index is 669. The predicted octanol–water partition coefficient (Wildman–Crippen LogP) is 3.58. The van der Waals surface area contributed by atoms with Gasteiger partial charge in [0.2, 0.25) is 0 Å². The summed E-state index contributed by atoms with van der Waals surface area (Å²) in [5.74, 6) is 0.174. The number of rotatable bonds is 3. The summed E-state index contributed by atoms with van der Waals surface area (Å²) >= 11 is 0. The minimum Gasteiger partial charge on any atom is -0.350 e. The van der Waals surface area contributed by atoms with E-state index >= 15 is 0 Å². The molecule has 0 unspecified atom stereocenters. The molecule has 20 heavy (non-hydrogen) atoms. The highest BCUT2D eigenvalue weighted by Crippen LogP contribution is 2.30. The average molecular weight is 270 g/mol. The minimum atomic E-state index is 0.174. The number of aromatic amines is 1. The Morgan fingerprint density at radius 3 is 2.85 bits per heavy atom. The van der Waals surface area contributed by atoms with Gasteiger partial charge >= 0.3 is 0 Å². The van der Waals surface area contributed by atoms with E-state index in [4.69, 9.17) is 0 Å². The van der Waals surface area contributed by atoms with Gasteiger partial charge in [-0.3, -0.25) is 4.79 Å². The molecule has 0 aliphatic carbocycles. The van der Waals surface area contributed by atoms with Crippen molar-refractivity contribution in [2.24, 2.45) is 0 Å². The summed E-state index contributed by atoms with van der Waals surface area (Å²) in [5, 5.41) is 1.24. The number of carbonyl (C=O) groups is 1. The third kappa shape index (κ3) is 2.01. The molecule has 0 fully saturated rings. The fraction of sp³-hybridized carbons (Fsp3) is 0.471. The van der Waals surface area contributed by atoms with Gasteiger partial charge in [-0.15, -0.1) is 0 Å². The number of amides is 1. The molecule has 1 aliphatic heterocycles. The molecule has 3 heteroatoms. The summed E-state index contributed by atoms with van der Waals surface area (Å²) in [7, 11) is 0. The van der Waals surface area contributed by atoms with Crippen molar-refractivity contribution in [2.45, 2.75) is 40.0 Å². The van der Waals surface area contributed by atoms with Crippen molar-refractivity contribution < 1.29 is 4.79 Å². The Hall–Kier alpha value is -1.77. The van der Waals surface area contributed by atoms with Gasteiger partial charge in [-0.1, -0.05) is 25.0 Å². The van der Waals surface area contributed by atoms with E-state index in [1.165, 1.54) is 22.1 Å². The number of benzene rings is 1. The summed E-state index contributed by atoms with van der Waals surface area (Å²) in [6, 6.07) is 4.37. The zero-order valence-electron chi connectivity index (χ0n) is 12.5. The normalized spacial score (nSPS) is 14.9. The highest BCUT2D eigenvalue weighted by atomic mass is 16.2. The number of nitrogens with zero attached hydrogens (tertiary/aromatic N) is 1. The van der Waals surface area contributed by atoms with Crippen LogP contribution in [0, 0.1) is 13.8 Å². The molecular weight excluding hydrogens is 248 g/mol. The van der Waals surface area contributed by atoms with Gasteiger partial charge in [0, 0.05) is 24.0 Å². The lowest BCUT2D eigenvalue weighted by molar-refractivity contribution is 0.0732. The van der Waals surface area contributed by atoms with Gasteiger partial charge in [-0.2, -0.15) is 0 Å². The van der Waals surface area contributed by atoms with Crippen LogP contribution in [0.2, 0.25) is 0 Å². The van der Waals surface area contributed by atoms with Gasteiger partial charge in [0.25, 0.3) is 5.91 Å². The van der Waals surface area contributed by atoms with E-state index in [0.29, 0.717) is 0 Å². The number of carbonyl (C=O) groups excluding carboxylic acids is 1. The lowest BCUT2D eigenvalue weighted by Gasteiger charge is -2.26. The third-order valence-corrected chi connectivity index (χ3v) is 4.27. The van der Waals surface area contributed by atoms with Crippen molar-refractivity contribution in [3.63, 3.8) is 0 Å². The maximum Gasteiger partial charge on any atom is 0.270 e. The first-order valence-corrected chi connectivity index (χ1v) is 7.53. The van der Waals surface area contributed by atoms with E-state index < -0.39 is 0 Å². The maximum atomic E-state index is 12.6. The first-order chi connectivity index (χ1) is 9.61. The van der Waals surface area contributed by atoms with E-state index in [1.54, 1.807) is 0 Å². The second kappa shape index (κ2) is 4.97. The molecule has 0 radical (unpaired) electrons. The molecular formula is C17H22N2O. The monoisotopic (exact) mass is 270 g/mol. The van der Waals surface area contributed by atoms with Crippen LogP contribution in [0.3, 0.4) is 0 Å².